The summed E-state index contributed by atoms with van der Waals surface area (Å²) >= 11 is 0.562. The van der Waals surface area contributed by atoms with Gasteiger partial charge in [0, 0.05) is 26.1 Å². The summed E-state index contributed by atoms with van der Waals surface area (Å²) < 4.78 is 81.0. The Morgan fingerprint density at radius 3 is 2.55 bits per heavy atom. The van der Waals surface area contributed by atoms with Gasteiger partial charge in [0.2, 0.25) is 0 Å². The van der Waals surface area contributed by atoms with E-state index in [-0.39, 0.29) is 24.4 Å². The van der Waals surface area contributed by atoms with Gasteiger partial charge in [-0.15, -0.1) is 24.5 Å². The lowest BCUT2D eigenvalue weighted by molar-refractivity contribution is -0.274. The van der Waals surface area contributed by atoms with Crippen LogP contribution in [0.2, 0.25) is 0 Å². The maximum atomic E-state index is 13.4. The molecule has 0 spiro atoms. The fourth-order valence-electron chi connectivity index (χ4n) is 3.42. The first-order chi connectivity index (χ1) is 15.4. The molecule has 2 N–H and O–H groups in total. The highest BCUT2D eigenvalue weighted by atomic mass is 32.1. The van der Waals surface area contributed by atoms with E-state index in [1.54, 1.807) is 4.90 Å². The molecule has 2 aromatic rings. The van der Waals surface area contributed by atoms with Crippen LogP contribution in [-0.2, 0) is 19.0 Å². The van der Waals surface area contributed by atoms with Crippen LogP contribution in [0, 0.1) is 0 Å². The van der Waals surface area contributed by atoms with E-state index in [4.69, 9.17) is 0 Å². The summed E-state index contributed by atoms with van der Waals surface area (Å²) in [4.78, 5) is 17.1. The van der Waals surface area contributed by atoms with Crippen molar-refractivity contribution in [1.82, 2.24) is 15.2 Å². The summed E-state index contributed by atoms with van der Waals surface area (Å²) in [6.45, 7) is 1.16. The van der Waals surface area contributed by atoms with Crippen LogP contribution in [0.15, 0.2) is 24.3 Å². The van der Waals surface area contributed by atoms with E-state index < -0.39 is 41.0 Å². The monoisotopic (exact) mass is 497 g/mol. The normalized spacial score (nSPS) is 16.1. The molecular formula is C20H21F6N3O3S. The molecule has 0 aliphatic carbocycles. The molecule has 0 saturated carbocycles. The topological polar surface area (TPSA) is 74.7 Å². The molecule has 6 nitrogen and oxygen atoms in total. The minimum atomic E-state index is -4.86. The number of benzene rings is 1. The standard InChI is InChI=1S/C20H21F6N3O3S/c21-19(22,23)17-16(33-14(28-17)11-15(30)29-8-1-2-9-29)18(31)27-7-6-12-4-3-5-13(10-12)32-20(24,25)26/h3-5,10,15,30H,1-2,6-9,11H2,(H,27,31). The van der Waals surface area contributed by atoms with Crippen LogP contribution in [0.3, 0.4) is 0 Å². The fraction of sp³-hybridized carbons (Fsp3) is 0.500. The number of thiazole rings is 1. The van der Waals surface area contributed by atoms with E-state index in [0.29, 0.717) is 30.0 Å². The molecule has 1 saturated heterocycles. The Morgan fingerprint density at radius 2 is 1.91 bits per heavy atom. The molecule has 1 atom stereocenters. The second-order valence-corrected chi connectivity index (χ2v) is 8.50. The van der Waals surface area contributed by atoms with Gasteiger partial charge in [-0.05, 0) is 37.0 Å². The van der Waals surface area contributed by atoms with E-state index >= 15 is 0 Å². The van der Waals surface area contributed by atoms with Gasteiger partial charge in [-0.1, -0.05) is 12.1 Å². The highest BCUT2D eigenvalue weighted by Gasteiger charge is 2.40. The van der Waals surface area contributed by atoms with Gasteiger partial charge < -0.3 is 15.2 Å². The largest absolute Gasteiger partial charge is 0.573 e. The number of carbonyl (C=O) groups is 1. The van der Waals surface area contributed by atoms with Crippen molar-refractivity contribution in [3.63, 3.8) is 0 Å². The molecule has 1 aliphatic heterocycles. The van der Waals surface area contributed by atoms with E-state index in [2.05, 4.69) is 15.0 Å². The minimum absolute atomic E-state index is 0.0103. The minimum Gasteiger partial charge on any atom is -0.406 e. The lowest BCUT2D eigenvalue weighted by Crippen LogP contribution is -2.34. The van der Waals surface area contributed by atoms with Crippen molar-refractivity contribution in [2.45, 2.75) is 44.4 Å². The third kappa shape index (κ3) is 7.30. The summed E-state index contributed by atoms with van der Waals surface area (Å²) in [7, 11) is 0. The summed E-state index contributed by atoms with van der Waals surface area (Å²) in [6.07, 6.45) is -8.98. The number of carbonyl (C=O) groups excluding carboxylic acids is 1. The Hall–Kier alpha value is -2.38. The molecule has 182 valence electrons. The third-order valence-corrected chi connectivity index (χ3v) is 5.97. The highest BCUT2D eigenvalue weighted by molar-refractivity contribution is 7.13. The number of nitrogens with one attached hydrogen (secondary N) is 1. The molecule has 0 bridgehead atoms. The van der Waals surface area contributed by atoms with Gasteiger partial charge >= 0.3 is 12.5 Å². The number of hydrogen-bond donors (Lipinski definition) is 2. The van der Waals surface area contributed by atoms with E-state index in [1.165, 1.54) is 12.1 Å². The second kappa shape index (κ2) is 10.3. The van der Waals surface area contributed by atoms with Gasteiger partial charge in [0.25, 0.3) is 5.91 Å². The zero-order valence-electron chi connectivity index (χ0n) is 17.2. The predicted molar refractivity (Wildman–Crippen MR) is 107 cm³/mol. The molecular weight excluding hydrogens is 476 g/mol. The molecule has 1 amide bonds. The molecule has 1 aromatic carbocycles. The zero-order valence-corrected chi connectivity index (χ0v) is 18.0. The molecule has 2 heterocycles. The zero-order chi connectivity index (χ0) is 24.2. The van der Waals surface area contributed by atoms with Crippen molar-refractivity contribution < 1.29 is 41.0 Å². The number of nitrogens with zero attached hydrogens (tertiary/aromatic N) is 2. The number of aromatic nitrogens is 1. The molecule has 1 fully saturated rings. The average molecular weight is 497 g/mol. The van der Waals surface area contributed by atoms with Gasteiger partial charge in [0.1, 0.15) is 16.9 Å². The van der Waals surface area contributed by atoms with Gasteiger partial charge in [0.05, 0.1) is 5.01 Å². The summed E-state index contributed by atoms with van der Waals surface area (Å²) in [6, 6.07) is 5.08. The molecule has 13 heteroatoms. The molecule has 1 aromatic heterocycles. The SMILES string of the molecule is O=C(NCCc1cccc(OC(F)(F)F)c1)c1sc(CC(O)N2CCCC2)nc1C(F)(F)F. The lowest BCUT2D eigenvalue weighted by atomic mass is 10.1. The number of amides is 1. The van der Waals surface area contributed by atoms with Crippen LogP contribution in [-0.4, -0.2) is 53.1 Å². The van der Waals surface area contributed by atoms with Crippen molar-refractivity contribution >= 4 is 17.2 Å². The van der Waals surface area contributed by atoms with Crippen LogP contribution in [0.4, 0.5) is 26.3 Å². The summed E-state index contributed by atoms with van der Waals surface area (Å²) in [5, 5.41) is 12.6. The fourth-order valence-corrected chi connectivity index (χ4v) is 4.45. The van der Waals surface area contributed by atoms with E-state index in [9.17, 15) is 36.2 Å². The van der Waals surface area contributed by atoms with Crippen LogP contribution < -0.4 is 10.1 Å². The summed E-state index contributed by atoms with van der Waals surface area (Å²) in [5.41, 5.74) is -0.930. The van der Waals surface area contributed by atoms with Crippen LogP contribution in [0.5, 0.6) is 5.75 Å². The number of likely N-dealkylation sites (tertiary alicyclic amines) is 1. The number of hydrogen-bond acceptors (Lipinski definition) is 6. The van der Waals surface area contributed by atoms with Crippen LogP contribution >= 0.6 is 11.3 Å². The first-order valence-corrected chi connectivity index (χ1v) is 10.9. The maximum absolute atomic E-state index is 13.4. The van der Waals surface area contributed by atoms with Gasteiger partial charge in [-0.3, -0.25) is 9.69 Å². The number of rotatable bonds is 8. The van der Waals surface area contributed by atoms with Crippen molar-refractivity contribution in [2.24, 2.45) is 0 Å². The predicted octanol–water partition coefficient (Wildman–Crippen LogP) is 3.99. The number of ether oxygens (including phenoxy) is 1. The Morgan fingerprint density at radius 1 is 1.21 bits per heavy atom. The Kier molecular flexibility index (Phi) is 7.85. The smallest absolute Gasteiger partial charge is 0.406 e. The average Bonchev–Trinajstić information content (AvgIpc) is 3.37. The molecule has 3 rings (SSSR count). The quantitative estimate of drug-likeness (QED) is 0.540. The number of halogens is 6. The van der Waals surface area contributed by atoms with Crippen molar-refractivity contribution in [3.05, 3.63) is 45.4 Å². The molecule has 33 heavy (non-hydrogen) atoms. The molecule has 1 unspecified atom stereocenters. The third-order valence-electron chi connectivity index (χ3n) is 4.90. The first kappa shape index (κ1) is 25.2. The van der Waals surface area contributed by atoms with Gasteiger partial charge in [0.15, 0.2) is 5.69 Å². The van der Waals surface area contributed by atoms with Crippen molar-refractivity contribution in [2.75, 3.05) is 19.6 Å². The van der Waals surface area contributed by atoms with E-state index in [1.807, 2.05) is 0 Å². The van der Waals surface area contributed by atoms with Gasteiger partial charge in [-0.2, -0.15) is 13.2 Å². The van der Waals surface area contributed by atoms with Crippen LogP contribution in [0.1, 0.15) is 38.8 Å². The van der Waals surface area contributed by atoms with Crippen molar-refractivity contribution in [3.8, 4) is 5.75 Å². The number of alkyl halides is 6. The first-order valence-electron chi connectivity index (χ1n) is 10.0. The Balaban J connectivity index is 1.64. The van der Waals surface area contributed by atoms with Crippen molar-refractivity contribution in [1.29, 1.82) is 0 Å². The maximum Gasteiger partial charge on any atom is 0.573 e. The number of aliphatic hydroxyl groups excluding tert-OH is 1. The summed E-state index contributed by atoms with van der Waals surface area (Å²) in [5.74, 6) is -1.43. The molecule has 1 aliphatic rings. The van der Waals surface area contributed by atoms with Gasteiger partial charge in [-0.25, -0.2) is 4.98 Å². The van der Waals surface area contributed by atoms with E-state index in [0.717, 1.165) is 25.0 Å². The second-order valence-electron chi connectivity index (χ2n) is 7.41. The van der Waals surface area contributed by atoms with Crippen LogP contribution in [0.25, 0.3) is 0 Å². The lowest BCUT2D eigenvalue weighted by Gasteiger charge is -2.21. The Labute approximate surface area is 189 Å². The highest BCUT2D eigenvalue weighted by Crippen LogP contribution is 2.35. The number of aliphatic hydroxyl groups is 1. The Bertz CT molecular complexity index is 957. The molecule has 0 radical (unpaired) electrons.